The summed E-state index contributed by atoms with van der Waals surface area (Å²) in [4.78, 5) is 20.6. The van der Waals surface area contributed by atoms with Crippen molar-refractivity contribution in [3.05, 3.63) is 30.1 Å². The van der Waals surface area contributed by atoms with Crippen molar-refractivity contribution in [2.24, 2.45) is 5.73 Å². The number of rotatable bonds is 5. The van der Waals surface area contributed by atoms with Crippen molar-refractivity contribution in [3.8, 4) is 0 Å². The van der Waals surface area contributed by atoms with E-state index in [-0.39, 0.29) is 24.0 Å². The molecule has 2 N–H and O–H groups in total. The number of hydrogen-bond acceptors (Lipinski definition) is 4. The van der Waals surface area contributed by atoms with Crippen LogP contribution in [0.3, 0.4) is 0 Å². The topological polar surface area (TPSA) is 62.5 Å². The maximum absolute atomic E-state index is 12.4. The van der Waals surface area contributed by atoms with Gasteiger partial charge >= 0.3 is 0 Å². The summed E-state index contributed by atoms with van der Waals surface area (Å²) in [5, 5.41) is 0. The molecule has 0 spiro atoms. The molecule has 3 unspecified atom stereocenters. The third kappa shape index (κ3) is 3.41. The van der Waals surface area contributed by atoms with E-state index in [1.54, 1.807) is 11.1 Å². The molecular formula is C16H26N4O. The van der Waals surface area contributed by atoms with E-state index in [1.807, 2.05) is 26.4 Å². The molecule has 0 radical (unpaired) electrons. The van der Waals surface area contributed by atoms with E-state index >= 15 is 0 Å². The van der Waals surface area contributed by atoms with Crippen LogP contribution in [-0.4, -0.2) is 53.4 Å². The molecule has 1 fully saturated rings. The van der Waals surface area contributed by atoms with Gasteiger partial charge in [0.05, 0.1) is 12.1 Å². The molecular weight excluding hydrogens is 264 g/mol. The number of pyridine rings is 1. The highest BCUT2D eigenvalue weighted by Gasteiger charge is 2.38. The predicted molar refractivity (Wildman–Crippen MR) is 83.7 cm³/mol. The van der Waals surface area contributed by atoms with Crippen LogP contribution in [0.4, 0.5) is 0 Å². The summed E-state index contributed by atoms with van der Waals surface area (Å²) < 4.78 is 0. The Morgan fingerprint density at radius 2 is 2.33 bits per heavy atom. The molecule has 0 aromatic carbocycles. The van der Waals surface area contributed by atoms with Gasteiger partial charge in [-0.3, -0.25) is 14.7 Å². The van der Waals surface area contributed by atoms with Crippen molar-refractivity contribution in [1.82, 2.24) is 14.8 Å². The van der Waals surface area contributed by atoms with Crippen LogP contribution in [0, 0.1) is 0 Å². The lowest BCUT2D eigenvalue weighted by atomic mass is 9.96. The molecule has 0 aliphatic carbocycles. The van der Waals surface area contributed by atoms with Gasteiger partial charge in [-0.1, -0.05) is 13.0 Å². The fraction of sp³-hybridized carbons (Fsp3) is 0.625. The van der Waals surface area contributed by atoms with Gasteiger partial charge in [-0.2, -0.15) is 0 Å². The average Bonchev–Trinajstić information content (AvgIpc) is 2.96. The van der Waals surface area contributed by atoms with Gasteiger partial charge in [0.2, 0.25) is 5.91 Å². The van der Waals surface area contributed by atoms with Crippen molar-refractivity contribution < 1.29 is 4.79 Å². The van der Waals surface area contributed by atoms with E-state index in [0.717, 1.165) is 31.4 Å². The molecule has 1 aliphatic rings. The Bertz CT molecular complexity index is 463. The van der Waals surface area contributed by atoms with E-state index in [0.29, 0.717) is 0 Å². The minimum Gasteiger partial charge on any atom is -0.347 e. The first-order chi connectivity index (χ1) is 10.1. The average molecular weight is 290 g/mol. The smallest absolute Gasteiger partial charge is 0.239 e. The summed E-state index contributed by atoms with van der Waals surface area (Å²) >= 11 is 0. The Labute approximate surface area is 127 Å². The first kappa shape index (κ1) is 15.9. The molecule has 1 amide bonds. The van der Waals surface area contributed by atoms with Gasteiger partial charge in [-0.25, -0.2) is 0 Å². The molecule has 5 heteroatoms. The van der Waals surface area contributed by atoms with Crippen molar-refractivity contribution in [2.75, 3.05) is 20.6 Å². The van der Waals surface area contributed by atoms with Crippen molar-refractivity contribution in [1.29, 1.82) is 0 Å². The van der Waals surface area contributed by atoms with Crippen LogP contribution < -0.4 is 5.73 Å². The SMILES string of the molecule is CCC(N)C(c1cccnc1)N1CCCC1C(=O)N(C)C. The summed E-state index contributed by atoms with van der Waals surface area (Å²) in [6, 6.07) is 3.99. The summed E-state index contributed by atoms with van der Waals surface area (Å²) in [7, 11) is 3.63. The Morgan fingerprint density at radius 1 is 1.57 bits per heavy atom. The highest BCUT2D eigenvalue weighted by atomic mass is 16.2. The molecule has 0 bridgehead atoms. The lowest BCUT2D eigenvalue weighted by Crippen LogP contribution is -2.49. The van der Waals surface area contributed by atoms with Crippen molar-refractivity contribution in [3.63, 3.8) is 0 Å². The van der Waals surface area contributed by atoms with E-state index < -0.39 is 0 Å². The first-order valence-electron chi connectivity index (χ1n) is 7.68. The lowest BCUT2D eigenvalue weighted by molar-refractivity contribution is -0.134. The summed E-state index contributed by atoms with van der Waals surface area (Å²) in [6.45, 7) is 3.00. The Kier molecular flexibility index (Phi) is 5.31. The summed E-state index contributed by atoms with van der Waals surface area (Å²) in [6.07, 6.45) is 6.46. The third-order valence-electron chi connectivity index (χ3n) is 4.28. The van der Waals surface area contributed by atoms with E-state index in [2.05, 4.69) is 22.9 Å². The molecule has 1 aliphatic heterocycles. The summed E-state index contributed by atoms with van der Waals surface area (Å²) in [5.41, 5.74) is 7.48. The van der Waals surface area contributed by atoms with Crippen LogP contribution in [0.5, 0.6) is 0 Å². The van der Waals surface area contributed by atoms with Gasteiger partial charge in [-0.15, -0.1) is 0 Å². The van der Waals surface area contributed by atoms with Gasteiger partial charge in [0.1, 0.15) is 0 Å². The monoisotopic (exact) mass is 290 g/mol. The molecule has 1 aromatic heterocycles. The number of nitrogens with two attached hydrogens (primary N) is 1. The number of hydrogen-bond donors (Lipinski definition) is 1. The first-order valence-corrected chi connectivity index (χ1v) is 7.68. The van der Waals surface area contributed by atoms with Crippen LogP contribution >= 0.6 is 0 Å². The molecule has 21 heavy (non-hydrogen) atoms. The number of aromatic nitrogens is 1. The van der Waals surface area contributed by atoms with E-state index in [4.69, 9.17) is 5.73 Å². The summed E-state index contributed by atoms with van der Waals surface area (Å²) in [5.74, 6) is 0.171. The minimum absolute atomic E-state index is 0.00441. The maximum atomic E-state index is 12.4. The van der Waals surface area contributed by atoms with Gasteiger partial charge in [0.15, 0.2) is 0 Å². The fourth-order valence-corrected chi connectivity index (χ4v) is 3.14. The molecule has 3 atom stereocenters. The molecule has 1 saturated heterocycles. The quantitative estimate of drug-likeness (QED) is 0.890. The molecule has 2 heterocycles. The van der Waals surface area contributed by atoms with Gasteiger partial charge in [0.25, 0.3) is 0 Å². The van der Waals surface area contributed by atoms with Crippen LogP contribution in [0.25, 0.3) is 0 Å². The van der Waals surface area contributed by atoms with Crippen LogP contribution in [0.15, 0.2) is 24.5 Å². The van der Waals surface area contributed by atoms with E-state index in [9.17, 15) is 4.79 Å². The van der Waals surface area contributed by atoms with Crippen LogP contribution in [0.2, 0.25) is 0 Å². The zero-order valence-electron chi connectivity index (χ0n) is 13.2. The standard InChI is InChI=1S/C16H26N4O/c1-4-13(17)15(12-7-5-9-18-11-12)20-10-6-8-14(20)16(21)19(2)3/h5,7,9,11,13-15H,4,6,8,10,17H2,1-3H3. The highest BCUT2D eigenvalue weighted by Crippen LogP contribution is 2.32. The van der Waals surface area contributed by atoms with Gasteiger partial charge in [-0.05, 0) is 37.4 Å². The minimum atomic E-state index is -0.0668. The Hall–Kier alpha value is -1.46. The molecule has 116 valence electrons. The number of likely N-dealkylation sites (N-methyl/N-ethyl adjacent to an activating group) is 1. The number of likely N-dealkylation sites (tertiary alicyclic amines) is 1. The van der Waals surface area contributed by atoms with Crippen molar-refractivity contribution in [2.45, 2.75) is 44.3 Å². The maximum Gasteiger partial charge on any atom is 0.239 e. The predicted octanol–water partition coefficient (Wildman–Crippen LogP) is 1.41. The number of amides is 1. The Balaban J connectivity index is 2.30. The normalized spacial score (nSPS) is 22.0. The van der Waals surface area contributed by atoms with Crippen molar-refractivity contribution >= 4 is 5.91 Å². The second-order valence-corrected chi connectivity index (χ2v) is 5.93. The zero-order valence-corrected chi connectivity index (χ0v) is 13.2. The second-order valence-electron chi connectivity index (χ2n) is 5.93. The highest BCUT2D eigenvalue weighted by molar-refractivity contribution is 5.81. The van der Waals surface area contributed by atoms with Gasteiger partial charge in [0, 0.05) is 32.5 Å². The van der Waals surface area contributed by atoms with Crippen LogP contribution in [0.1, 0.15) is 37.8 Å². The lowest BCUT2D eigenvalue weighted by Gasteiger charge is -2.36. The van der Waals surface area contributed by atoms with E-state index in [1.165, 1.54) is 0 Å². The molecule has 0 saturated carbocycles. The molecule has 2 rings (SSSR count). The molecule has 1 aromatic rings. The number of carbonyl (C=O) groups is 1. The second kappa shape index (κ2) is 7.00. The van der Waals surface area contributed by atoms with Crippen LogP contribution in [-0.2, 0) is 4.79 Å². The fourth-order valence-electron chi connectivity index (χ4n) is 3.14. The number of nitrogens with zero attached hydrogens (tertiary/aromatic N) is 3. The Morgan fingerprint density at radius 3 is 2.90 bits per heavy atom. The van der Waals surface area contributed by atoms with Gasteiger partial charge < -0.3 is 10.6 Å². The largest absolute Gasteiger partial charge is 0.347 e. The zero-order chi connectivity index (χ0) is 15.4. The number of carbonyl (C=O) groups excluding carboxylic acids is 1. The molecule has 5 nitrogen and oxygen atoms in total. The third-order valence-corrected chi connectivity index (χ3v) is 4.28.